The van der Waals surface area contributed by atoms with Crippen molar-refractivity contribution < 1.29 is 14.3 Å². The molecule has 0 radical (unpaired) electrons. The molecular weight excluding hydrogens is 256 g/mol. The van der Waals surface area contributed by atoms with E-state index in [9.17, 15) is 4.79 Å². The number of likely N-dealkylation sites (N-methyl/N-ethyl adjacent to an activating group) is 2. The highest BCUT2D eigenvalue weighted by Crippen LogP contribution is 2.24. The predicted molar refractivity (Wildman–Crippen MR) is 79.8 cm³/mol. The molecule has 0 amide bonds. The fourth-order valence-electron chi connectivity index (χ4n) is 3.16. The molecule has 4 unspecified atom stereocenters. The molecule has 1 N–H and O–H groups in total. The van der Waals surface area contributed by atoms with E-state index in [1.165, 1.54) is 7.11 Å². The first-order chi connectivity index (χ1) is 9.35. The molecule has 1 aliphatic rings. The van der Waals surface area contributed by atoms with Gasteiger partial charge in [-0.1, -0.05) is 6.92 Å². The zero-order valence-corrected chi connectivity index (χ0v) is 13.7. The number of rotatable bonds is 7. The highest BCUT2D eigenvalue weighted by Gasteiger charge is 2.38. The lowest BCUT2D eigenvalue weighted by Gasteiger charge is -2.37. The lowest BCUT2D eigenvalue weighted by molar-refractivity contribution is -0.148. The number of nitrogens with zero attached hydrogens (tertiary/aromatic N) is 1. The molecule has 1 fully saturated rings. The van der Waals surface area contributed by atoms with Crippen molar-refractivity contribution in [3.63, 3.8) is 0 Å². The van der Waals surface area contributed by atoms with Crippen LogP contribution in [0.2, 0.25) is 0 Å². The number of ether oxygens (including phenoxy) is 2. The van der Waals surface area contributed by atoms with E-state index >= 15 is 0 Å². The Balaban J connectivity index is 2.70. The van der Waals surface area contributed by atoms with Gasteiger partial charge in [0.2, 0.25) is 0 Å². The molecule has 5 nitrogen and oxygen atoms in total. The highest BCUT2D eigenvalue weighted by molar-refractivity contribution is 5.80. The van der Waals surface area contributed by atoms with E-state index in [4.69, 9.17) is 9.47 Å². The quantitative estimate of drug-likeness (QED) is 0.717. The molecule has 0 aromatic heterocycles. The van der Waals surface area contributed by atoms with Crippen LogP contribution in [-0.4, -0.2) is 61.9 Å². The van der Waals surface area contributed by atoms with Gasteiger partial charge in [-0.2, -0.15) is 0 Å². The van der Waals surface area contributed by atoms with Crippen molar-refractivity contribution in [2.75, 3.05) is 27.3 Å². The molecule has 0 bridgehead atoms. The van der Waals surface area contributed by atoms with Gasteiger partial charge in [-0.15, -0.1) is 0 Å². The van der Waals surface area contributed by atoms with Crippen LogP contribution in [0.1, 0.15) is 40.5 Å². The largest absolute Gasteiger partial charge is 0.468 e. The van der Waals surface area contributed by atoms with Crippen molar-refractivity contribution in [1.29, 1.82) is 0 Å². The van der Waals surface area contributed by atoms with Gasteiger partial charge in [0.15, 0.2) is 0 Å². The Bertz CT molecular complexity index is 324. The normalized spacial score (nSPS) is 27.4. The summed E-state index contributed by atoms with van der Waals surface area (Å²) >= 11 is 0. The minimum Gasteiger partial charge on any atom is -0.468 e. The molecule has 0 saturated carbocycles. The summed E-state index contributed by atoms with van der Waals surface area (Å²) in [6.07, 6.45) is 2.02. The third kappa shape index (κ3) is 3.93. The van der Waals surface area contributed by atoms with Crippen molar-refractivity contribution in [3.05, 3.63) is 0 Å². The van der Waals surface area contributed by atoms with Crippen LogP contribution < -0.4 is 5.32 Å². The molecule has 0 aromatic rings. The first-order valence-electron chi connectivity index (χ1n) is 7.52. The van der Waals surface area contributed by atoms with E-state index in [2.05, 4.69) is 31.1 Å². The van der Waals surface area contributed by atoms with Gasteiger partial charge in [-0.25, -0.2) is 0 Å². The third-order valence-electron chi connectivity index (χ3n) is 4.46. The van der Waals surface area contributed by atoms with Gasteiger partial charge in [-0.3, -0.25) is 9.69 Å². The monoisotopic (exact) mass is 286 g/mol. The Morgan fingerprint density at radius 1 is 1.60 bits per heavy atom. The molecule has 0 aromatic carbocycles. The van der Waals surface area contributed by atoms with E-state index in [1.807, 2.05) is 13.8 Å². The number of hydrogen-bond acceptors (Lipinski definition) is 5. The zero-order chi connectivity index (χ0) is 15.3. The maximum atomic E-state index is 12.0. The molecule has 5 heteroatoms. The second-order valence-electron chi connectivity index (χ2n) is 6.00. The summed E-state index contributed by atoms with van der Waals surface area (Å²) in [6, 6.07) is 0.695. The molecule has 1 saturated heterocycles. The fourth-order valence-corrected chi connectivity index (χ4v) is 3.16. The highest BCUT2D eigenvalue weighted by atomic mass is 16.5. The van der Waals surface area contributed by atoms with Crippen LogP contribution in [0.15, 0.2) is 0 Å². The summed E-state index contributed by atoms with van der Waals surface area (Å²) in [5.74, 6) is -0.199. The summed E-state index contributed by atoms with van der Waals surface area (Å²) in [7, 11) is 3.56. The van der Waals surface area contributed by atoms with Crippen LogP contribution in [-0.2, 0) is 14.3 Å². The number of carbonyl (C=O) groups excluding carboxylic acids is 1. The van der Waals surface area contributed by atoms with Crippen molar-refractivity contribution in [2.45, 2.75) is 64.3 Å². The summed E-state index contributed by atoms with van der Waals surface area (Å²) in [6.45, 7) is 9.76. The van der Waals surface area contributed by atoms with Gasteiger partial charge in [-0.05, 0) is 47.2 Å². The van der Waals surface area contributed by atoms with Crippen molar-refractivity contribution in [2.24, 2.45) is 0 Å². The van der Waals surface area contributed by atoms with Crippen molar-refractivity contribution >= 4 is 5.97 Å². The van der Waals surface area contributed by atoms with Crippen molar-refractivity contribution in [1.82, 2.24) is 10.2 Å². The third-order valence-corrected chi connectivity index (χ3v) is 4.46. The molecule has 1 rings (SSSR count). The van der Waals surface area contributed by atoms with Gasteiger partial charge in [0.05, 0.1) is 13.2 Å². The molecule has 0 aliphatic carbocycles. The van der Waals surface area contributed by atoms with E-state index in [0.717, 1.165) is 19.6 Å². The zero-order valence-electron chi connectivity index (χ0n) is 13.7. The molecule has 118 valence electrons. The van der Waals surface area contributed by atoms with Crippen LogP contribution in [0.4, 0.5) is 0 Å². The van der Waals surface area contributed by atoms with Crippen LogP contribution in [0.5, 0.6) is 0 Å². The molecule has 1 aliphatic heterocycles. The standard InChI is InChI=1S/C15H30N2O3/c1-7-16-15(4,14(18)19-6)10-11(2)17(5)13-8-9-20-12(13)3/h11-13,16H,7-10H2,1-6H3. The first kappa shape index (κ1) is 17.4. The topological polar surface area (TPSA) is 50.8 Å². The predicted octanol–water partition coefficient (Wildman–Crippen LogP) is 1.42. The van der Waals surface area contributed by atoms with Crippen LogP contribution in [0, 0.1) is 0 Å². The lowest BCUT2D eigenvalue weighted by atomic mass is 9.92. The van der Waals surface area contributed by atoms with E-state index in [0.29, 0.717) is 12.5 Å². The average Bonchev–Trinajstić information content (AvgIpc) is 2.83. The second-order valence-corrected chi connectivity index (χ2v) is 6.00. The maximum Gasteiger partial charge on any atom is 0.325 e. The summed E-state index contributed by atoms with van der Waals surface area (Å²) in [4.78, 5) is 14.4. The van der Waals surface area contributed by atoms with Crippen LogP contribution >= 0.6 is 0 Å². The number of methoxy groups -OCH3 is 1. The fraction of sp³-hybridized carbons (Fsp3) is 0.933. The molecule has 0 spiro atoms. The maximum absolute atomic E-state index is 12.0. The van der Waals surface area contributed by atoms with Crippen LogP contribution in [0.25, 0.3) is 0 Å². The summed E-state index contributed by atoms with van der Waals surface area (Å²) in [5, 5.41) is 3.26. The van der Waals surface area contributed by atoms with Gasteiger partial charge in [0, 0.05) is 18.7 Å². The summed E-state index contributed by atoms with van der Waals surface area (Å²) < 4.78 is 10.6. The number of hydrogen-bond donors (Lipinski definition) is 1. The molecule has 20 heavy (non-hydrogen) atoms. The number of carbonyl (C=O) groups is 1. The molecule has 1 heterocycles. The smallest absolute Gasteiger partial charge is 0.325 e. The number of nitrogens with one attached hydrogen (secondary N) is 1. The van der Waals surface area contributed by atoms with Gasteiger partial charge >= 0.3 is 5.97 Å². The first-order valence-corrected chi connectivity index (χ1v) is 7.52. The Hall–Kier alpha value is -0.650. The number of esters is 1. The van der Waals surface area contributed by atoms with E-state index in [-0.39, 0.29) is 18.1 Å². The van der Waals surface area contributed by atoms with Gasteiger partial charge in [0.1, 0.15) is 5.54 Å². The lowest BCUT2D eigenvalue weighted by Crippen LogP contribution is -2.55. The van der Waals surface area contributed by atoms with Gasteiger partial charge in [0.25, 0.3) is 0 Å². The Kier molecular flexibility index (Phi) is 6.43. The summed E-state index contributed by atoms with van der Waals surface area (Å²) in [5.41, 5.74) is -0.639. The Morgan fingerprint density at radius 2 is 2.25 bits per heavy atom. The molecular formula is C15H30N2O3. The Morgan fingerprint density at radius 3 is 2.70 bits per heavy atom. The van der Waals surface area contributed by atoms with E-state index in [1.54, 1.807) is 0 Å². The SMILES string of the molecule is CCNC(C)(CC(C)N(C)C1CCOC1C)C(=O)OC. The minimum atomic E-state index is -0.639. The van der Waals surface area contributed by atoms with Crippen LogP contribution in [0.3, 0.4) is 0 Å². The average molecular weight is 286 g/mol. The minimum absolute atomic E-state index is 0.199. The van der Waals surface area contributed by atoms with Crippen molar-refractivity contribution in [3.8, 4) is 0 Å². The second kappa shape index (κ2) is 7.38. The molecule has 4 atom stereocenters. The Labute approximate surface area is 123 Å². The van der Waals surface area contributed by atoms with E-state index < -0.39 is 5.54 Å². The van der Waals surface area contributed by atoms with Gasteiger partial charge < -0.3 is 14.8 Å².